The summed E-state index contributed by atoms with van der Waals surface area (Å²) >= 11 is 0. The molecule has 0 fully saturated rings. The quantitative estimate of drug-likeness (QED) is 0.725. The van der Waals surface area contributed by atoms with Gasteiger partial charge in [0.15, 0.2) is 0 Å². The Morgan fingerprint density at radius 3 is 2.44 bits per heavy atom. The number of rotatable bonds is 6. The number of nitrogens with zero attached hydrogens (tertiary/aromatic N) is 3. The van der Waals surface area contributed by atoms with E-state index in [1.54, 1.807) is 18.5 Å². The number of hydrogen-bond acceptors (Lipinski definition) is 5. The van der Waals surface area contributed by atoms with Crippen LogP contribution in [0, 0.1) is 6.92 Å². The molecule has 6 nitrogen and oxygen atoms in total. The van der Waals surface area contributed by atoms with Crippen molar-refractivity contribution in [1.82, 2.24) is 20.3 Å². The molecule has 0 spiro atoms. The van der Waals surface area contributed by atoms with Gasteiger partial charge in [0.25, 0.3) is 5.91 Å². The first-order valence-corrected chi connectivity index (χ1v) is 8.01. The van der Waals surface area contributed by atoms with Crippen molar-refractivity contribution in [3.63, 3.8) is 0 Å². The van der Waals surface area contributed by atoms with Crippen LogP contribution < -0.4 is 10.6 Å². The fourth-order valence-electron chi connectivity index (χ4n) is 2.31. The fourth-order valence-corrected chi connectivity index (χ4v) is 2.31. The molecular weight excluding hydrogens is 314 g/mol. The third kappa shape index (κ3) is 4.84. The van der Waals surface area contributed by atoms with Gasteiger partial charge >= 0.3 is 0 Å². The summed E-state index contributed by atoms with van der Waals surface area (Å²) in [4.78, 5) is 25.0. The molecule has 3 rings (SSSR count). The van der Waals surface area contributed by atoms with Gasteiger partial charge in [0.2, 0.25) is 5.95 Å². The third-order valence-electron chi connectivity index (χ3n) is 3.58. The van der Waals surface area contributed by atoms with Gasteiger partial charge in [-0.2, -0.15) is 0 Å². The Bertz CT molecular complexity index is 837. The lowest BCUT2D eigenvalue weighted by Gasteiger charge is -2.09. The number of anilines is 1. The molecule has 0 saturated carbocycles. The number of amides is 1. The maximum absolute atomic E-state index is 12.4. The first-order chi connectivity index (χ1) is 12.2. The van der Waals surface area contributed by atoms with Crippen LogP contribution in [-0.2, 0) is 13.1 Å². The SMILES string of the molecule is Cc1cc(C(=O)NCc2ccncc2)nc(NCc2ccccc2)n1. The van der Waals surface area contributed by atoms with Crippen LogP contribution in [0.5, 0.6) is 0 Å². The number of aromatic nitrogens is 3. The average molecular weight is 333 g/mol. The predicted octanol–water partition coefficient (Wildman–Crippen LogP) is 2.72. The van der Waals surface area contributed by atoms with Crippen LogP contribution in [0.4, 0.5) is 5.95 Å². The Morgan fingerprint density at radius 1 is 0.960 bits per heavy atom. The first-order valence-electron chi connectivity index (χ1n) is 8.01. The van der Waals surface area contributed by atoms with Crippen molar-refractivity contribution in [1.29, 1.82) is 0 Å². The van der Waals surface area contributed by atoms with Crippen LogP contribution in [0.2, 0.25) is 0 Å². The van der Waals surface area contributed by atoms with E-state index in [1.165, 1.54) is 0 Å². The number of carbonyl (C=O) groups is 1. The van der Waals surface area contributed by atoms with Gasteiger partial charge in [0, 0.05) is 31.2 Å². The summed E-state index contributed by atoms with van der Waals surface area (Å²) in [5.41, 5.74) is 3.18. The second-order valence-corrected chi connectivity index (χ2v) is 5.60. The zero-order chi connectivity index (χ0) is 17.5. The Morgan fingerprint density at radius 2 is 1.68 bits per heavy atom. The summed E-state index contributed by atoms with van der Waals surface area (Å²) in [6, 6.07) is 15.4. The number of benzene rings is 1. The minimum absolute atomic E-state index is 0.231. The monoisotopic (exact) mass is 333 g/mol. The maximum Gasteiger partial charge on any atom is 0.270 e. The molecule has 0 bridgehead atoms. The summed E-state index contributed by atoms with van der Waals surface area (Å²) in [6.07, 6.45) is 3.39. The number of nitrogens with one attached hydrogen (secondary N) is 2. The van der Waals surface area contributed by atoms with E-state index in [9.17, 15) is 4.79 Å². The number of hydrogen-bond donors (Lipinski definition) is 2. The molecule has 126 valence electrons. The molecule has 0 aliphatic carbocycles. The summed E-state index contributed by atoms with van der Waals surface area (Å²) in [5, 5.41) is 6.02. The largest absolute Gasteiger partial charge is 0.350 e. The van der Waals surface area contributed by atoms with E-state index in [0.29, 0.717) is 24.7 Å². The molecular formula is C19H19N5O. The standard InChI is InChI=1S/C19H19N5O/c1-14-11-17(18(25)21-12-16-7-9-20-10-8-16)24-19(23-14)22-13-15-5-3-2-4-6-15/h2-11H,12-13H2,1H3,(H,21,25)(H,22,23,24). The minimum atomic E-state index is -0.231. The third-order valence-corrected chi connectivity index (χ3v) is 3.58. The molecule has 2 aromatic heterocycles. The van der Waals surface area contributed by atoms with Crippen molar-refractivity contribution in [3.8, 4) is 0 Å². The molecule has 0 aliphatic rings. The Balaban J connectivity index is 1.65. The van der Waals surface area contributed by atoms with E-state index in [-0.39, 0.29) is 5.91 Å². The lowest BCUT2D eigenvalue weighted by Crippen LogP contribution is -2.24. The van der Waals surface area contributed by atoms with Crippen molar-refractivity contribution in [2.45, 2.75) is 20.0 Å². The zero-order valence-corrected chi connectivity index (χ0v) is 13.9. The van der Waals surface area contributed by atoms with E-state index in [4.69, 9.17) is 0 Å². The molecule has 25 heavy (non-hydrogen) atoms. The van der Waals surface area contributed by atoms with Crippen LogP contribution in [0.1, 0.15) is 27.3 Å². The molecule has 2 N–H and O–H groups in total. The van der Waals surface area contributed by atoms with E-state index in [0.717, 1.165) is 16.8 Å². The van der Waals surface area contributed by atoms with E-state index in [2.05, 4.69) is 25.6 Å². The molecule has 1 amide bonds. The first kappa shape index (κ1) is 16.6. The highest BCUT2D eigenvalue weighted by molar-refractivity contribution is 5.92. The lowest BCUT2D eigenvalue weighted by atomic mass is 10.2. The Labute approximate surface area is 146 Å². The number of carbonyl (C=O) groups excluding carboxylic acids is 1. The average Bonchev–Trinajstić information content (AvgIpc) is 2.66. The second-order valence-electron chi connectivity index (χ2n) is 5.60. The normalized spacial score (nSPS) is 10.3. The Kier molecular flexibility index (Phi) is 5.31. The zero-order valence-electron chi connectivity index (χ0n) is 13.9. The maximum atomic E-state index is 12.4. The topological polar surface area (TPSA) is 79.8 Å². The van der Waals surface area contributed by atoms with Crippen molar-refractivity contribution in [2.24, 2.45) is 0 Å². The van der Waals surface area contributed by atoms with E-state index < -0.39 is 0 Å². The van der Waals surface area contributed by atoms with Crippen LogP contribution in [0.3, 0.4) is 0 Å². The molecule has 0 saturated heterocycles. The molecule has 6 heteroatoms. The molecule has 2 heterocycles. The number of aryl methyl sites for hydroxylation is 1. The van der Waals surface area contributed by atoms with E-state index >= 15 is 0 Å². The fraction of sp³-hybridized carbons (Fsp3) is 0.158. The van der Waals surface area contributed by atoms with Gasteiger partial charge in [-0.1, -0.05) is 30.3 Å². The van der Waals surface area contributed by atoms with Crippen LogP contribution in [0.15, 0.2) is 60.9 Å². The molecule has 0 radical (unpaired) electrons. The molecule has 3 aromatic rings. The summed E-state index contributed by atoms with van der Waals surface area (Å²) < 4.78 is 0. The minimum Gasteiger partial charge on any atom is -0.350 e. The van der Waals surface area contributed by atoms with Crippen molar-refractivity contribution < 1.29 is 4.79 Å². The molecule has 0 aliphatic heterocycles. The summed E-state index contributed by atoms with van der Waals surface area (Å²) in [7, 11) is 0. The second kappa shape index (κ2) is 8.01. The highest BCUT2D eigenvalue weighted by Crippen LogP contribution is 2.08. The van der Waals surface area contributed by atoms with Gasteiger partial charge < -0.3 is 10.6 Å². The van der Waals surface area contributed by atoms with Crippen molar-refractivity contribution in [2.75, 3.05) is 5.32 Å². The highest BCUT2D eigenvalue weighted by atomic mass is 16.1. The van der Waals surface area contributed by atoms with Crippen LogP contribution in [-0.4, -0.2) is 20.9 Å². The lowest BCUT2D eigenvalue weighted by molar-refractivity contribution is 0.0945. The molecule has 0 unspecified atom stereocenters. The van der Waals surface area contributed by atoms with Crippen LogP contribution >= 0.6 is 0 Å². The summed E-state index contributed by atoms with van der Waals surface area (Å²) in [5.74, 6) is 0.211. The van der Waals surface area contributed by atoms with Gasteiger partial charge in [-0.05, 0) is 36.2 Å². The van der Waals surface area contributed by atoms with Crippen LogP contribution in [0.25, 0.3) is 0 Å². The van der Waals surface area contributed by atoms with E-state index in [1.807, 2.05) is 49.4 Å². The van der Waals surface area contributed by atoms with Crippen molar-refractivity contribution >= 4 is 11.9 Å². The van der Waals surface area contributed by atoms with Gasteiger partial charge in [0.05, 0.1) is 0 Å². The van der Waals surface area contributed by atoms with Gasteiger partial charge in [-0.15, -0.1) is 0 Å². The summed E-state index contributed by atoms with van der Waals surface area (Å²) in [6.45, 7) is 2.87. The highest BCUT2D eigenvalue weighted by Gasteiger charge is 2.10. The number of pyridine rings is 1. The predicted molar refractivity (Wildman–Crippen MR) is 95.9 cm³/mol. The van der Waals surface area contributed by atoms with Gasteiger partial charge in [0.1, 0.15) is 5.69 Å². The van der Waals surface area contributed by atoms with Gasteiger partial charge in [-0.3, -0.25) is 9.78 Å². The molecule has 1 aromatic carbocycles. The smallest absolute Gasteiger partial charge is 0.270 e. The Hall–Kier alpha value is -3.28. The van der Waals surface area contributed by atoms with Crippen molar-refractivity contribution in [3.05, 3.63) is 83.4 Å². The molecule has 0 atom stereocenters. The van der Waals surface area contributed by atoms with Gasteiger partial charge in [-0.25, -0.2) is 9.97 Å².